The molecule has 1 N–H and O–H groups in total. The second kappa shape index (κ2) is 5.10. The zero-order valence-corrected chi connectivity index (χ0v) is 11.0. The van der Waals surface area contributed by atoms with E-state index in [-0.39, 0.29) is 5.56 Å². The van der Waals surface area contributed by atoms with E-state index in [1.54, 1.807) is 10.9 Å². The molecule has 2 heterocycles. The quantitative estimate of drug-likeness (QED) is 0.896. The molecule has 2 rings (SSSR count). The fourth-order valence-corrected chi connectivity index (χ4v) is 2.74. The van der Waals surface area contributed by atoms with Crippen LogP contribution in [0.15, 0.2) is 15.6 Å². The predicted octanol–water partition coefficient (Wildman–Crippen LogP) is 1.49. The van der Waals surface area contributed by atoms with Crippen molar-refractivity contribution in [1.29, 1.82) is 0 Å². The van der Waals surface area contributed by atoms with Crippen LogP contribution in [-0.4, -0.2) is 22.6 Å². The molecule has 0 atom stereocenters. The molecule has 0 aromatic carbocycles. The van der Waals surface area contributed by atoms with Crippen LogP contribution in [0.4, 0.5) is 0 Å². The average Bonchev–Trinajstić information content (AvgIpc) is 2.34. The van der Waals surface area contributed by atoms with Gasteiger partial charge in [0.2, 0.25) is 0 Å². The number of hydrogen-bond acceptors (Lipinski definition) is 3. The predicted molar refractivity (Wildman–Crippen MR) is 66.7 cm³/mol. The Hall–Kier alpha value is -0.680. The number of nitrogens with one attached hydrogen (secondary N) is 1. The molecule has 0 bridgehead atoms. The summed E-state index contributed by atoms with van der Waals surface area (Å²) >= 11 is 3.39. The van der Waals surface area contributed by atoms with E-state index in [0.29, 0.717) is 16.9 Å². The van der Waals surface area contributed by atoms with E-state index in [1.807, 2.05) is 6.92 Å². The molecular weight excluding hydrogens is 270 g/mol. The SMILES string of the molecule is CCn1cnc(C2CCNCC2)c(Br)c1=O. The molecule has 0 aliphatic carbocycles. The van der Waals surface area contributed by atoms with E-state index < -0.39 is 0 Å². The summed E-state index contributed by atoms with van der Waals surface area (Å²) in [7, 11) is 0. The Bertz CT molecular complexity index is 424. The number of rotatable bonds is 2. The maximum absolute atomic E-state index is 11.9. The van der Waals surface area contributed by atoms with Crippen LogP contribution in [-0.2, 0) is 6.54 Å². The van der Waals surface area contributed by atoms with Gasteiger partial charge in [0.1, 0.15) is 4.47 Å². The summed E-state index contributed by atoms with van der Waals surface area (Å²) in [6, 6.07) is 0. The lowest BCUT2D eigenvalue weighted by Crippen LogP contribution is -2.29. The minimum atomic E-state index is 0.0334. The maximum Gasteiger partial charge on any atom is 0.267 e. The van der Waals surface area contributed by atoms with Crippen LogP contribution < -0.4 is 10.9 Å². The molecule has 88 valence electrons. The Balaban J connectivity index is 2.34. The summed E-state index contributed by atoms with van der Waals surface area (Å²) in [5.41, 5.74) is 0.960. The van der Waals surface area contributed by atoms with Crippen molar-refractivity contribution in [1.82, 2.24) is 14.9 Å². The van der Waals surface area contributed by atoms with E-state index in [0.717, 1.165) is 31.6 Å². The van der Waals surface area contributed by atoms with Crippen LogP contribution in [0.25, 0.3) is 0 Å². The Morgan fingerprint density at radius 3 is 2.88 bits per heavy atom. The van der Waals surface area contributed by atoms with Crippen molar-refractivity contribution in [3.63, 3.8) is 0 Å². The van der Waals surface area contributed by atoms with Gasteiger partial charge >= 0.3 is 0 Å². The van der Waals surface area contributed by atoms with E-state index >= 15 is 0 Å². The smallest absolute Gasteiger partial charge is 0.267 e. The molecule has 1 aliphatic rings. The van der Waals surface area contributed by atoms with Gasteiger partial charge in [0.25, 0.3) is 5.56 Å². The summed E-state index contributed by atoms with van der Waals surface area (Å²) in [6.07, 6.45) is 3.77. The van der Waals surface area contributed by atoms with Crippen LogP contribution in [0, 0.1) is 0 Å². The highest BCUT2D eigenvalue weighted by atomic mass is 79.9. The van der Waals surface area contributed by atoms with Gasteiger partial charge in [-0.05, 0) is 48.8 Å². The zero-order valence-electron chi connectivity index (χ0n) is 9.37. The molecule has 0 unspecified atom stereocenters. The molecule has 0 spiro atoms. The van der Waals surface area contributed by atoms with Crippen molar-refractivity contribution in [2.45, 2.75) is 32.2 Å². The molecule has 4 nitrogen and oxygen atoms in total. The number of aryl methyl sites for hydroxylation is 1. The third-order valence-electron chi connectivity index (χ3n) is 3.08. The van der Waals surface area contributed by atoms with Crippen molar-refractivity contribution in [3.05, 3.63) is 26.8 Å². The Morgan fingerprint density at radius 2 is 2.25 bits per heavy atom. The van der Waals surface area contributed by atoms with E-state index in [2.05, 4.69) is 26.2 Å². The second-order valence-corrected chi connectivity index (χ2v) is 4.85. The lowest BCUT2D eigenvalue weighted by Gasteiger charge is -2.22. The molecule has 1 aliphatic heterocycles. The second-order valence-electron chi connectivity index (χ2n) is 4.06. The maximum atomic E-state index is 11.9. The van der Waals surface area contributed by atoms with Crippen LogP contribution >= 0.6 is 15.9 Å². The van der Waals surface area contributed by atoms with Gasteiger partial charge in [0.05, 0.1) is 12.0 Å². The third kappa shape index (κ3) is 2.20. The van der Waals surface area contributed by atoms with E-state index in [1.165, 1.54) is 0 Å². The first kappa shape index (κ1) is 11.8. The van der Waals surface area contributed by atoms with Crippen molar-refractivity contribution in [2.75, 3.05) is 13.1 Å². The number of hydrogen-bond donors (Lipinski definition) is 1. The molecule has 1 aromatic rings. The first-order chi connectivity index (χ1) is 7.74. The monoisotopic (exact) mass is 285 g/mol. The largest absolute Gasteiger partial charge is 0.317 e. The van der Waals surface area contributed by atoms with Gasteiger partial charge in [-0.15, -0.1) is 0 Å². The van der Waals surface area contributed by atoms with E-state index in [9.17, 15) is 4.79 Å². The summed E-state index contributed by atoms with van der Waals surface area (Å²) in [4.78, 5) is 16.3. The van der Waals surface area contributed by atoms with Gasteiger partial charge in [-0.25, -0.2) is 4.98 Å². The highest BCUT2D eigenvalue weighted by molar-refractivity contribution is 9.10. The highest BCUT2D eigenvalue weighted by Crippen LogP contribution is 2.27. The first-order valence-electron chi connectivity index (χ1n) is 5.69. The van der Waals surface area contributed by atoms with Crippen LogP contribution in [0.2, 0.25) is 0 Å². The molecule has 0 saturated carbocycles. The normalized spacial score (nSPS) is 17.6. The van der Waals surface area contributed by atoms with Crippen molar-refractivity contribution in [2.24, 2.45) is 0 Å². The van der Waals surface area contributed by atoms with Crippen LogP contribution in [0.1, 0.15) is 31.4 Å². The van der Waals surface area contributed by atoms with Crippen LogP contribution in [0.5, 0.6) is 0 Å². The van der Waals surface area contributed by atoms with Gasteiger partial charge in [-0.1, -0.05) is 0 Å². The molecule has 0 amide bonds. The molecule has 1 fully saturated rings. The fourth-order valence-electron chi connectivity index (χ4n) is 2.08. The topological polar surface area (TPSA) is 46.9 Å². The number of aromatic nitrogens is 2. The molecule has 5 heteroatoms. The molecule has 1 aromatic heterocycles. The fraction of sp³-hybridized carbons (Fsp3) is 0.636. The highest BCUT2D eigenvalue weighted by Gasteiger charge is 2.20. The summed E-state index contributed by atoms with van der Waals surface area (Å²) in [6.45, 7) is 4.63. The van der Waals surface area contributed by atoms with Gasteiger partial charge < -0.3 is 5.32 Å². The standard InChI is InChI=1S/C11H16BrN3O/c1-2-15-7-14-10(9(12)11(15)16)8-3-5-13-6-4-8/h7-8,13H,2-6H2,1H3. The molecule has 16 heavy (non-hydrogen) atoms. The van der Waals surface area contributed by atoms with Crippen molar-refractivity contribution >= 4 is 15.9 Å². The van der Waals surface area contributed by atoms with Gasteiger partial charge in [0.15, 0.2) is 0 Å². The summed E-state index contributed by atoms with van der Waals surface area (Å²) in [5.74, 6) is 0.412. The molecule has 0 radical (unpaired) electrons. The first-order valence-corrected chi connectivity index (χ1v) is 6.49. The van der Waals surface area contributed by atoms with Gasteiger partial charge in [-0.3, -0.25) is 9.36 Å². The van der Waals surface area contributed by atoms with Gasteiger partial charge in [0, 0.05) is 12.5 Å². The Labute approximate surface area is 103 Å². The number of halogens is 1. The summed E-state index contributed by atoms with van der Waals surface area (Å²) < 4.78 is 2.26. The number of nitrogens with zero attached hydrogens (tertiary/aromatic N) is 2. The Kier molecular flexibility index (Phi) is 3.76. The lowest BCUT2D eigenvalue weighted by atomic mass is 9.94. The zero-order chi connectivity index (χ0) is 11.5. The van der Waals surface area contributed by atoms with Gasteiger partial charge in [-0.2, -0.15) is 0 Å². The Morgan fingerprint density at radius 1 is 1.56 bits per heavy atom. The summed E-state index contributed by atoms with van der Waals surface area (Å²) in [5, 5.41) is 3.31. The van der Waals surface area contributed by atoms with Crippen LogP contribution in [0.3, 0.4) is 0 Å². The van der Waals surface area contributed by atoms with E-state index in [4.69, 9.17) is 0 Å². The molecule has 1 saturated heterocycles. The average molecular weight is 286 g/mol. The third-order valence-corrected chi connectivity index (χ3v) is 3.82. The van der Waals surface area contributed by atoms with Crippen molar-refractivity contribution in [3.8, 4) is 0 Å². The minimum Gasteiger partial charge on any atom is -0.317 e. The minimum absolute atomic E-state index is 0.0334. The lowest BCUT2D eigenvalue weighted by molar-refractivity contribution is 0.449. The van der Waals surface area contributed by atoms with Crippen molar-refractivity contribution < 1.29 is 0 Å². The number of piperidine rings is 1. The molecular formula is C11H16BrN3O.